The van der Waals surface area contributed by atoms with Gasteiger partial charge in [-0.3, -0.25) is 0 Å². The first-order valence-corrected chi connectivity index (χ1v) is 7.21. The molecule has 1 fully saturated rings. The molecule has 0 aromatic heterocycles. The van der Waals surface area contributed by atoms with Crippen LogP contribution < -0.4 is 5.32 Å². The van der Waals surface area contributed by atoms with Crippen LogP contribution in [0.5, 0.6) is 0 Å². The molecule has 2 aliphatic rings. The minimum atomic E-state index is -2.96. The van der Waals surface area contributed by atoms with Gasteiger partial charge in [-0.15, -0.1) is 0 Å². The lowest BCUT2D eigenvalue weighted by atomic mass is 10.2. The van der Waals surface area contributed by atoms with Crippen molar-refractivity contribution < 1.29 is 13.2 Å². The molecule has 0 aliphatic carbocycles. The van der Waals surface area contributed by atoms with Crippen molar-refractivity contribution in [3.63, 3.8) is 0 Å². The number of fused-ring (bicyclic) bond motifs is 1. The molecular weight excluding hydrogens is 240 g/mol. The molecule has 0 radical (unpaired) electrons. The van der Waals surface area contributed by atoms with Crippen LogP contribution in [0.15, 0.2) is 35.3 Å². The van der Waals surface area contributed by atoms with Crippen molar-refractivity contribution >= 4 is 21.5 Å². The highest BCUT2D eigenvalue weighted by Gasteiger charge is 2.43. The van der Waals surface area contributed by atoms with Crippen molar-refractivity contribution in [3.05, 3.63) is 30.3 Å². The molecule has 17 heavy (non-hydrogen) atoms. The first-order valence-electron chi connectivity index (χ1n) is 5.39. The second-order valence-electron chi connectivity index (χ2n) is 4.23. The van der Waals surface area contributed by atoms with Crippen molar-refractivity contribution in [2.45, 2.75) is 12.1 Å². The first kappa shape index (κ1) is 10.6. The van der Waals surface area contributed by atoms with Gasteiger partial charge in [-0.2, -0.15) is 0 Å². The Hall–Kier alpha value is -1.56. The van der Waals surface area contributed by atoms with Gasteiger partial charge in [-0.1, -0.05) is 18.2 Å². The van der Waals surface area contributed by atoms with Crippen molar-refractivity contribution in [2.75, 3.05) is 16.8 Å². The summed E-state index contributed by atoms with van der Waals surface area (Å²) in [4.78, 5) is 4.25. The second-order valence-corrected chi connectivity index (χ2v) is 6.38. The predicted molar refractivity (Wildman–Crippen MR) is 64.8 cm³/mol. The summed E-state index contributed by atoms with van der Waals surface area (Å²) in [6.07, 6.45) is -0.314. The molecule has 2 heterocycles. The van der Waals surface area contributed by atoms with E-state index in [9.17, 15) is 8.42 Å². The topological polar surface area (TPSA) is 67.8 Å². The van der Waals surface area contributed by atoms with Crippen LogP contribution in [0, 0.1) is 0 Å². The number of rotatable bonds is 1. The van der Waals surface area contributed by atoms with Crippen LogP contribution in [0.2, 0.25) is 0 Å². The molecule has 3 rings (SSSR count). The maximum atomic E-state index is 11.3. The van der Waals surface area contributed by atoms with E-state index in [1.165, 1.54) is 0 Å². The highest BCUT2D eigenvalue weighted by molar-refractivity contribution is 7.91. The van der Waals surface area contributed by atoms with E-state index in [1.54, 1.807) is 0 Å². The summed E-state index contributed by atoms with van der Waals surface area (Å²) in [6, 6.07) is 9.70. The standard InChI is InChI=1S/C11H12N2O3S/c14-17(15)6-9-10(7-17)16-11(13-9)12-8-4-2-1-3-5-8/h1-5,9-10H,6-7H2,(H,12,13)/t9-,10+/m1/s1. The van der Waals surface area contributed by atoms with Gasteiger partial charge in [-0.05, 0) is 12.1 Å². The van der Waals surface area contributed by atoms with Gasteiger partial charge >= 0.3 is 0 Å². The quantitative estimate of drug-likeness (QED) is 0.797. The van der Waals surface area contributed by atoms with Gasteiger partial charge in [0.2, 0.25) is 0 Å². The number of amidine groups is 1. The third-order valence-electron chi connectivity index (χ3n) is 2.84. The Labute approximate surface area is 99.4 Å². The number of nitrogens with one attached hydrogen (secondary N) is 1. The summed E-state index contributed by atoms with van der Waals surface area (Å²) < 4.78 is 28.2. The van der Waals surface area contributed by atoms with Gasteiger partial charge in [0.1, 0.15) is 12.1 Å². The maximum absolute atomic E-state index is 11.3. The summed E-state index contributed by atoms with van der Waals surface area (Å²) in [5, 5.41) is 3.03. The van der Waals surface area contributed by atoms with Gasteiger partial charge in [0.25, 0.3) is 6.02 Å². The number of sulfone groups is 1. The Kier molecular flexibility index (Phi) is 2.32. The zero-order valence-corrected chi connectivity index (χ0v) is 9.85. The van der Waals surface area contributed by atoms with E-state index >= 15 is 0 Å². The van der Waals surface area contributed by atoms with E-state index in [4.69, 9.17) is 4.74 Å². The molecule has 5 nitrogen and oxygen atoms in total. The molecule has 0 saturated carbocycles. The summed E-state index contributed by atoms with van der Waals surface area (Å²) in [6.45, 7) is 0. The monoisotopic (exact) mass is 252 g/mol. The van der Waals surface area contributed by atoms with Crippen LogP contribution in [-0.2, 0) is 14.6 Å². The van der Waals surface area contributed by atoms with Gasteiger partial charge in [0, 0.05) is 5.69 Å². The minimum absolute atomic E-state index is 0.0706. The summed E-state index contributed by atoms with van der Waals surface area (Å²) in [5.74, 6) is 0.165. The lowest BCUT2D eigenvalue weighted by Gasteiger charge is -2.08. The number of hydrogen-bond acceptors (Lipinski definition) is 5. The minimum Gasteiger partial charge on any atom is -0.458 e. The van der Waals surface area contributed by atoms with E-state index < -0.39 is 9.84 Å². The van der Waals surface area contributed by atoms with E-state index in [0.29, 0.717) is 6.02 Å². The zero-order valence-electron chi connectivity index (χ0n) is 9.04. The van der Waals surface area contributed by atoms with Crippen LogP contribution in [0.25, 0.3) is 0 Å². The first-order chi connectivity index (χ1) is 8.12. The lowest BCUT2D eigenvalue weighted by Crippen LogP contribution is -2.22. The summed E-state index contributed by atoms with van der Waals surface area (Å²) >= 11 is 0. The molecule has 0 amide bonds. The van der Waals surface area contributed by atoms with Crippen molar-refractivity contribution in [3.8, 4) is 0 Å². The van der Waals surface area contributed by atoms with E-state index in [2.05, 4.69) is 10.3 Å². The van der Waals surface area contributed by atoms with Crippen LogP contribution in [0.1, 0.15) is 0 Å². The van der Waals surface area contributed by atoms with Crippen LogP contribution in [-0.4, -0.2) is 38.1 Å². The van der Waals surface area contributed by atoms with E-state index in [-0.39, 0.29) is 23.7 Å². The fraction of sp³-hybridized carbons (Fsp3) is 0.364. The number of anilines is 1. The van der Waals surface area contributed by atoms with Crippen LogP contribution in [0.3, 0.4) is 0 Å². The molecule has 2 aliphatic heterocycles. The summed E-state index contributed by atoms with van der Waals surface area (Å²) in [5.41, 5.74) is 0.883. The van der Waals surface area contributed by atoms with Gasteiger partial charge in [0.05, 0.1) is 11.5 Å². The van der Waals surface area contributed by atoms with Crippen LogP contribution >= 0.6 is 0 Å². The lowest BCUT2D eigenvalue weighted by molar-refractivity contribution is 0.230. The third-order valence-corrected chi connectivity index (χ3v) is 4.53. The molecule has 2 atom stereocenters. The molecule has 1 aromatic rings. The SMILES string of the molecule is O=S1(=O)C[C@@H]2OC(Nc3ccccc3)=N[C@@H]2C1. The van der Waals surface area contributed by atoms with Gasteiger partial charge < -0.3 is 10.1 Å². The average molecular weight is 252 g/mol. The smallest absolute Gasteiger partial charge is 0.290 e. The Morgan fingerprint density at radius 1 is 1.24 bits per heavy atom. The Morgan fingerprint density at radius 2 is 2.00 bits per heavy atom. The third kappa shape index (κ3) is 2.12. The number of benzene rings is 1. The highest BCUT2D eigenvalue weighted by atomic mass is 32.2. The molecule has 0 unspecified atom stereocenters. The largest absolute Gasteiger partial charge is 0.458 e. The second kappa shape index (κ2) is 3.73. The Balaban J connectivity index is 1.73. The molecule has 0 spiro atoms. The fourth-order valence-corrected chi connectivity index (χ4v) is 3.80. The number of nitrogens with zero attached hydrogens (tertiary/aromatic N) is 1. The van der Waals surface area contributed by atoms with E-state index in [1.807, 2.05) is 30.3 Å². The molecule has 90 valence electrons. The number of ether oxygens (including phenoxy) is 1. The number of hydrogen-bond donors (Lipinski definition) is 1. The molecule has 6 heteroatoms. The molecule has 1 saturated heterocycles. The van der Waals surface area contributed by atoms with E-state index in [0.717, 1.165) is 5.69 Å². The molecule has 1 N–H and O–H groups in total. The Morgan fingerprint density at radius 3 is 2.71 bits per heavy atom. The van der Waals surface area contributed by atoms with Crippen molar-refractivity contribution in [1.29, 1.82) is 0 Å². The fourth-order valence-electron chi connectivity index (χ4n) is 2.06. The normalized spacial score (nSPS) is 29.3. The average Bonchev–Trinajstić information content (AvgIpc) is 2.72. The maximum Gasteiger partial charge on any atom is 0.290 e. The van der Waals surface area contributed by atoms with Gasteiger partial charge in [0.15, 0.2) is 9.84 Å². The van der Waals surface area contributed by atoms with Gasteiger partial charge in [-0.25, -0.2) is 13.4 Å². The molecule has 0 bridgehead atoms. The summed E-state index contributed by atoms with van der Waals surface area (Å²) in [7, 11) is -2.96. The molecule has 1 aromatic carbocycles. The molecular formula is C11H12N2O3S. The highest BCUT2D eigenvalue weighted by Crippen LogP contribution is 2.24. The number of para-hydroxylation sites is 1. The zero-order chi connectivity index (χ0) is 11.9. The van der Waals surface area contributed by atoms with Crippen molar-refractivity contribution in [1.82, 2.24) is 0 Å². The Bertz CT molecular complexity index is 553. The van der Waals surface area contributed by atoms with Crippen LogP contribution in [0.4, 0.5) is 5.69 Å². The predicted octanol–water partition coefficient (Wildman–Crippen LogP) is 0.650. The number of aliphatic imine (C=N–C) groups is 1. The van der Waals surface area contributed by atoms with Crippen molar-refractivity contribution in [2.24, 2.45) is 4.99 Å².